The molecule has 4 nitrogen and oxygen atoms in total. The zero-order valence-corrected chi connectivity index (χ0v) is 21.9. The fraction of sp³-hybridized carbons (Fsp3) is 0.118. The average Bonchev–Trinajstić information content (AvgIpc) is 2.90. The molecule has 38 heavy (non-hydrogen) atoms. The van der Waals surface area contributed by atoms with Crippen LogP contribution in [0, 0.1) is 6.92 Å². The van der Waals surface area contributed by atoms with Crippen molar-refractivity contribution >= 4 is 11.9 Å². The lowest BCUT2D eigenvalue weighted by Crippen LogP contribution is -2.07. The van der Waals surface area contributed by atoms with Crippen molar-refractivity contribution in [1.29, 1.82) is 0 Å². The quantitative estimate of drug-likeness (QED) is 0.140. The van der Waals surface area contributed by atoms with Gasteiger partial charge in [-0.3, -0.25) is 0 Å². The average molecular weight is 503 g/mol. The summed E-state index contributed by atoms with van der Waals surface area (Å²) in [5, 5.41) is 0. The molecule has 4 heteroatoms. The van der Waals surface area contributed by atoms with E-state index in [0.29, 0.717) is 22.6 Å². The van der Waals surface area contributed by atoms with E-state index in [1.807, 2.05) is 24.3 Å². The highest BCUT2D eigenvalue weighted by molar-refractivity contribution is 5.89. The number of carbonyl (C=O) groups is 2. The van der Waals surface area contributed by atoms with Gasteiger partial charge in [-0.05, 0) is 90.4 Å². The molecule has 0 atom stereocenters. The molecule has 0 spiro atoms. The highest BCUT2D eigenvalue weighted by atomic mass is 16.5. The Labute approximate surface area is 223 Å². The van der Waals surface area contributed by atoms with Crippen molar-refractivity contribution in [1.82, 2.24) is 0 Å². The Morgan fingerprint density at radius 2 is 1.03 bits per heavy atom. The van der Waals surface area contributed by atoms with Crippen molar-refractivity contribution in [3.8, 4) is 33.8 Å². The number of benzene rings is 4. The minimum atomic E-state index is -0.426. The van der Waals surface area contributed by atoms with Gasteiger partial charge in [0.1, 0.15) is 11.5 Å². The van der Waals surface area contributed by atoms with E-state index in [2.05, 4.69) is 62.5 Å². The highest BCUT2D eigenvalue weighted by Gasteiger charge is 2.09. The summed E-state index contributed by atoms with van der Waals surface area (Å²) >= 11 is 0. The van der Waals surface area contributed by atoms with Gasteiger partial charge in [-0.2, -0.15) is 0 Å². The first-order valence-corrected chi connectivity index (χ1v) is 12.3. The molecule has 0 aliphatic carbocycles. The van der Waals surface area contributed by atoms with Crippen molar-refractivity contribution in [2.24, 2.45) is 0 Å². The lowest BCUT2D eigenvalue weighted by atomic mass is 9.95. The van der Waals surface area contributed by atoms with E-state index in [0.717, 1.165) is 28.7 Å². The van der Waals surface area contributed by atoms with Crippen LogP contribution in [-0.2, 0) is 16.0 Å². The number of esters is 2. The third-order valence-corrected chi connectivity index (χ3v) is 6.12. The van der Waals surface area contributed by atoms with Crippen molar-refractivity contribution in [2.45, 2.75) is 27.2 Å². The van der Waals surface area contributed by atoms with Crippen LogP contribution in [0.3, 0.4) is 0 Å². The molecular weight excluding hydrogens is 472 g/mol. The molecule has 0 radical (unpaired) electrons. The van der Waals surface area contributed by atoms with Crippen LogP contribution in [0.4, 0.5) is 0 Å². The monoisotopic (exact) mass is 502 g/mol. The Morgan fingerprint density at radius 3 is 1.47 bits per heavy atom. The summed E-state index contributed by atoms with van der Waals surface area (Å²) in [6.45, 7) is 12.6. The largest absolute Gasteiger partial charge is 0.423 e. The van der Waals surface area contributed by atoms with Crippen LogP contribution in [0.15, 0.2) is 115 Å². The number of hydrogen-bond acceptors (Lipinski definition) is 4. The van der Waals surface area contributed by atoms with E-state index in [9.17, 15) is 9.59 Å². The van der Waals surface area contributed by atoms with Crippen LogP contribution < -0.4 is 9.47 Å². The minimum absolute atomic E-state index is 0.368. The van der Waals surface area contributed by atoms with E-state index in [1.54, 1.807) is 38.1 Å². The number of rotatable bonds is 8. The second-order valence-electron chi connectivity index (χ2n) is 9.41. The molecule has 0 fully saturated rings. The van der Waals surface area contributed by atoms with Crippen LogP contribution in [0.25, 0.3) is 22.3 Å². The van der Waals surface area contributed by atoms with Gasteiger partial charge >= 0.3 is 11.9 Å². The maximum absolute atomic E-state index is 11.7. The molecule has 0 bridgehead atoms. The van der Waals surface area contributed by atoms with E-state index < -0.39 is 11.9 Å². The third-order valence-electron chi connectivity index (χ3n) is 6.12. The van der Waals surface area contributed by atoms with E-state index in [1.165, 1.54) is 16.7 Å². The summed E-state index contributed by atoms with van der Waals surface area (Å²) in [6, 6.07) is 29.9. The van der Waals surface area contributed by atoms with Crippen molar-refractivity contribution < 1.29 is 19.1 Å². The van der Waals surface area contributed by atoms with Gasteiger partial charge in [0.05, 0.1) is 0 Å². The first kappa shape index (κ1) is 26.4. The first-order chi connectivity index (χ1) is 18.2. The number of carbonyl (C=O) groups excluding carboxylic acids is 2. The highest BCUT2D eigenvalue weighted by Crippen LogP contribution is 2.28. The zero-order chi connectivity index (χ0) is 27.2. The van der Waals surface area contributed by atoms with Gasteiger partial charge in [-0.25, -0.2) is 9.59 Å². The van der Waals surface area contributed by atoms with E-state index in [4.69, 9.17) is 9.47 Å². The first-order valence-electron chi connectivity index (χ1n) is 12.3. The summed E-state index contributed by atoms with van der Waals surface area (Å²) in [5.74, 6) is 0.150. The van der Waals surface area contributed by atoms with Gasteiger partial charge in [0.25, 0.3) is 0 Å². The normalized spacial score (nSPS) is 10.5. The standard InChI is InChI=1S/C34H30O4/c1-22(2)33(35)37-30-15-11-28(12-16-30)27-9-6-25(7-10-27)21-26-8-19-32(24(5)20-26)29-13-17-31(18-14-29)38-34(36)23(3)4/h6-20H,1,3,21H2,2,4-5H3. The molecule has 0 N–H and O–H groups in total. The van der Waals surface area contributed by atoms with Gasteiger partial charge in [0, 0.05) is 11.1 Å². The summed E-state index contributed by atoms with van der Waals surface area (Å²) < 4.78 is 10.6. The Hall–Kier alpha value is -4.70. The van der Waals surface area contributed by atoms with Crippen molar-refractivity contribution in [3.05, 3.63) is 132 Å². The van der Waals surface area contributed by atoms with Crippen LogP contribution in [0.5, 0.6) is 11.5 Å². The van der Waals surface area contributed by atoms with E-state index >= 15 is 0 Å². The Bertz CT molecular complexity index is 1490. The van der Waals surface area contributed by atoms with Gasteiger partial charge in [0.15, 0.2) is 0 Å². The molecule has 0 aliphatic rings. The van der Waals surface area contributed by atoms with Gasteiger partial charge in [-0.1, -0.05) is 79.9 Å². The maximum Gasteiger partial charge on any atom is 0.338 e. The lowest BCUT2D eigenvalue weighted by molar-refractivity contribution is -0.130. The molecule has 190 valence electrons. The van der Waals surface area contributed by atoms with Crippen LogP contribution in [0.2, 0.25) is 0 Å². The fourth-order valence-corrected chi connectivity index (χ4v) is 4.02. The summed E-state index contributed by atoms with van der Waals surface area (Å²) in [7, 11) is 0. The molecule has 4 rings (SSSR count). The Morgan fingerprint density at radius 1 is 0.605 bits per heavy atom. The molecule has 0 saturated carbocycles. The Balaban J connectivity index is 1.41. The SMILES string of the molecule is C=C(C)C(=O)Oc1ccc(-c2ccc(Cc3ccc(-c4ccc(OC(=O)C(=C)C)cc4)c(C)c3)cc2)cc1. The molecule has 0 aliphatic heterocycles. The molecule has 4 aromatic carbocycles. The van der Waals surface area contributed by atoms with Gasteiger partial charge in [-0.15, -0.1) is 0 Å². The minimum Gasteiger partial charge on any atom is -0.423 e. The molecule has 0 amide bonds. The predicted octanol–water partition coefficient (Wildman–Crippen LogP) is 7.88. The molecular formula is C34H30O4. The third kappa shape index (κ3) is 6.54. The van der Waals surface area contributed by atoms with E-state index in [-0.39, 0.29) is 0 Å². The summed E-state index contributed by atoms with van der Waals surface area (Å²) in [5.41, 5.74) is 8.71. The molecule has 4 aromatic rings. The van der Waals surface area contributed by atoms with Gasteiger partial charge < -0.3 is 9.47 Å². The molecule has 0 aromatic heterocycles. The zero-order valence-electron chi connectivity index (χ0n) is 21.9. The number of aryl methyl sites for hydroxylation is 1. The predicted molar refractivity (Wildman–Crippen MR) is 152 cm³/mol. The van der Waals surface area contributed by atoms with Crippen LogP contribution in [-0.4, -0.2) is 11.9 Å². The van der Waals surface area contributed by atoms with Crippen molar-refractivity contribution in [3.63, 3.8) is 0 Å². The van der Waals surface area contributed by atoms with Crippen molar-refractivity contribution in [2.75, 3.05) is 0 Å². The lowest BCUT2D eigenvalue weighted by Gasteiger charge is -2.11. The molecule has 0 heterocycles. The van der Waals surface area contributed by atoms with Crippen LogP contribution >= 0.6 is 0 Å². The molecule has 0 saturated heterocycles. The summed E-state index contributed by atoms with van der Waals surface area (Å²) in [4.78, 5) is 23.4. The molecule has 0 unspecified atom stereocenters. The second-order valence-corrected chi connectivity index (χ2v) is 9.41. The second kappa shape index (κ2) is 11.6. The van der Waals surface area contributed by atoms with Crippen LogP contribution in [0.1, 0.15) is 30.5 Å². The smallest absolute Gasteiger partial charge is 0.338 e. The Kier molecular flexibility index (Phi) is 8.03. The summed E-state index contributed by atoms with van der Waals surface area (Å²) in [6.07, 6.45) is 0.826. The maximum atomic E-state index is 11.7. The number of hydrogen-bond donors (Lipinski definition) is 0. The van der Waals surface area contributed by atoms with Gasteiger partial charge in [0.2, 0.25) is 0 Å². The number of ether oxygens (including phenoxy) is 2. The topological polar surface area (TPSA) is 52.6 Å². The fourth-order valence-electron chi connectivity index (χ4n) is 4.02.